The molecular formula is C23H20N2O3. The van der Waals surface area contributed by atoms with Crippen LogP contribution in [0, 0.1) is 11.3 Å². The van der Waals surface area contributed by atoms with E-state index in [2.05, 4.69) is 11.4 Å². The van der Waals surface area contributed by atoms with Crippen molar-refractivity contribution in [1.29, 1.82) is 5.26 Å². The molecule has 0 bridgehead atoms. The van der Waals surface area contributed by atoms with E-state index in [1.54, 1.807) is 24.3 Å². The van der Waals surface area contributed by atoms with E-state index in [1.165, 1.54) is 0 Å². The van der Waals surface area contributed by atoms with Crippen LogP contribution in [0.25, 0.3) is 11.1 Å². The minimum Gasteiger partial charge on any atom is -0.494 e. The number of rotatable bonds is 7. The highest BCUT2D eigenvalue weighted by molar-refractivity contribution is 5.91. The number of carbonyl (C=O) groups excluding carboxylic acids is 1. The van der Waals surface area contributed by atoms with E-state index in [1.807, 2.05) is 55.5 Å². The lowest BCUT2D eigenvalue weighted by molar-refractivity contribution is -0.118. The maximum absolute atomic E-state index is 12.1. The van der Waals surface area contributed by atoms with Crippen molar-refractivity contribution < 1.29 is 14.3 Å². The Labute approximate surface area is 164 Å². The number of benzene rings is 3. The van der Waals surface area contributed by atoms with Crippen LogP contribution >= 0.6 is 0 Å². The van der Waals surface area contributed by atoms with Crippen molar-refractivity contribution in [2.75, 3.05) is 18.5 Å². The Morgan fingerprint density at radius 1 is 0.857 bits per heavy atom. The fourth-order valence-electron chi connectivity index (χ4n) is 2.63. The molecule has 0 aliphatic rings. The van der Waals surface area contributed by atoms with Crippen molar-refractivity contribution in [2.45, 2.75) is 6.92 Å². The van der Waals surface area contributed by atoms with Crippen LogP contribution in [0.4, 0.5) is 5.69 Å². The lowest BCUT2D eigenvalue weighted by Crippen LogP contribution is -2.20. The molecule has 0 saturated heterocycles. The normalized spacial score (nSPS) is 10.0. The molecule has 28 heavy (non-hydrogen) atoms. The molecule has 0 heterocycles. The largest absolute Gasteiger partial charge is 0.494 e. The molecule has 0 radical (unpaired) electrons. The van der Waals surface area contributed by atoms with Gasteiger partial charge in [-0.2, -0.15) is 5.26 Å². The number of amides is 1. The molecule has 3 aromatic rings. The van der Waals surface area contributed by atoms with Gasteiger partial charge in [0, 0.05) is 5.69 Å². The van der Waals surface area contributed by atoms with Gasteiger partial charge in [-0.05, 0) is 66.6 Å². The van der Waals surface area contributed by atoms with Crippen LogP contribution in [-0.2, 0) is 4.79 Å². The van der Waals surface area contributed by atoms with Gasteiger partial charge in [-0.1, -0.05) is 24.3 Å². The molecule has 5 nitrogen and oxygen atoms in total. The van der Waals surface area contributed by atoms with Crippen LogP contribution < -0.4 is 14.8 Å². The number of hydrogen-bond acceptors (Lipinski definition) is 4. The van der Waals surface area contributed by atoms with Crippen molar-refractivity contribution >= 4 is 11.6 Å². The van der Waals surface area contributed by atoms with Crippen molar-refractivity contribution in [1.82, 2.24) is 0 Å². The second-order valence-corrected chi connectivity index (χ2v) is 6.01. The van der Waals surface area contributed by atoms with Gasteiger partial charge in [-0.25, -0.2) is 0 Å². The van der Waals surface area contributed by atoms with Crippen molar-refractivity contribution in [3.05, 3.63) is 78.4 Å². The van der Waals surface area contributed by atoms with Crippen LogP contribution in [0.2, 0.25) is 0 Å². The molecule has 1 amide bonds. The molecule has 3 rings (SSSR count). The Morgan fingerprint density at radius 2 is 1.39 bits per heavy atom. The Balaban J connectivity index is 1.52. The lowest BCUT2D eigenvalue weighted by Gasteiger charge is -2.09. The highest BCUT2D eigenvalue weighted by Crippen LogP contribution is 2.23. The third kappa shape index (κ3) is 5.12. The average Bonchev–Trinajstić information content (AvgIpc) is 2.74. The van der Waals surface area contributed by atoms with Gasteiger partial charge in [-0.15, -0.1) is 0 Å². The summed E-state index contributed by atoms with van der Waals surface area (Å²) < 4.78 is 10.9. The maximum atomic E-state index is 12.1. The molecule has 0 aromatic heterocycles. The van der Waals surface area contributed by atoms with E-state index in [4.69, 9.17) is 14.7 Å². The van der Waals surface area contributed by atoms with Crippen molar-refractivity contribution in [3.8, 4) is 28.7 Å². The summed E-state index contributed by atoms with van der Waals surface area (Å²) in [4.78, 5) is 12.1. The second-order valence-electron chi connectivity index (χ2n) is 6.01. The first kappa shape index (κ1) is 19.0. The Morgan fingerprint density at radius 3 is 1.96 bits per heavy atom. The number of nitrogens with one attached hydrogen (secondary N) is 1. The molecule has 0 spiro atoms. The molecule has 0 fully saturated rings. The van der Waals surface area contributed by atoms with Gasteiger partial charge in [0.15, 0.2) is 6.61 Å². The van der Waals surface area contributed by atoms with E-state index < -0.39 is 0 Å². The van der Waals surface area contributed by atoms with Gasteiger partial charge in [0.2, 0.25) is 0 Å². The smallest absolute Gasteiger partial charge is 0.262 e. The first-order valence-corrected chi connectivity index (χ1v) is 8.94. The third-order valence-electron chi connectivity index (χ3n) is 4.02. The molecule has 0 aliphatic heterocycles. The predicted molar refractivity (Wildman–Crippen MR) is 108 cm³/mol. The summed E-state index contributed by atoms with van der Waals surface area (Å²) in [5, 5.41) is 11.6. The number of anilines is 1. The summed E-state index contributed by atoms with van der Waals surface area (Å²) in [5.41, 5.74) is 3.34. The monoisotopic (exact) mass is 372 g/mol. The number of hydrogen-bond donors (Lipinski definition) is 1. The number of nitrogens with zero attached hydrogens (tertiary/aromatic N) is 1. The van der Waals surface area contributed by atoms with E-state index in [-0.39, 0.29) is 12.5 Å². The van der Waals surface area contributed by atoms with Gasteiger partial charge in [0.25, 0.3) is 5.91 Å². The van der Waals surface area contributed by atoms with Crippen LogP contribution in [0.15, 0.2) is 72.8 Å². The molecule has 0 saturated carbocycles. The minimum atomic E-state index is -0.236. The molecule has 5 heteroatoms. The quantitative estimate of drug-likeness (QED) is 0.656. The Bertz CT molecular complexity index is 957. The van der Waals surface area contributed by atoms with Gasteiger partial charge in [0.1, 0.15) is 11.5 Å². The predicted octanol–water partition coefficient (Wildman–Crippen LogP) is 4.64. The first-order chi connectivity index (χ1) is 13.7. The van der Waals surface area contributed by atoms with Gasteiger partial charge in [0.05, 0.1) is 18.2 Å². The lowest BCUT2D eigenvalue weighted by atomic mass is 10.0. The average molecular weight is 372 g/mol. The number of ether oxygens (including phenoxy) is 2. The molecule has 1 N–H and O–H groups in total. The molecule has 3 aromatic carbocycles. The fourth-order valence-corrected chi connectivity index (χ4v) is 2.63. The zero-order chi connectivity index (χ0) is 19.8. The van der Waals surface area contributed by atoms with E-state index in [0.717, 1.165) is 16.9 Å². The highest BCUT2D eigenvalue weighted by atomic mass is 16.5. The summed E-state index contributed by atoms with van der Waals surface area (Å²) in [6.45, 7) is 2.44. The highest BCUT2D eigenvalue weighted by Gasteiger charge is 2.05. The Kier molecular flexibility index (Phi) is 6.27. The van der Waals surface area contributed by atoms with Crippen molar-refractivity contribution in [2.24, 2.45) is 0 Å². The summed E-state index contributed by atoms with van der Waals surface area (Å²) in [7, 11) is 0. The van der Waals surface area contributed by atoms with Crippen LogP contribution in [-0.4, -0.2) is 19.1 Å². The summed E-state index contributed by atoms with van der Waals surface area (Å²) >= 11 is 0. The van der Waals surface area contributed by atoms with E-state index in [0.29, 0.717) is 23.6 Å². The Hall–Kier alpha value is -3.78. The number of carbonyl (C=O) groups is 1. The molecule has 0 unspecified atom stereocenters. The molecule has 0 aliphatic carbocycles. The van der Waals surface area contributed by atoms with Crippen LogP contribution in [0.3, 0.4) is 0 Å². The summed E-state index contributed by atoms with van der Waals surface area (Å²) in [6, 6.07) is 24.1. The van der Waals surface area contributed by atoms with Crippen LogP contribution in [0.5, 0.6) is 11.5 Å². The van der Waals surface area contributed by atoms with Gasteiger partial charge < -0.3 is 14.8 Å². The molecule has 140 valence electrons. The van der Waals surface area contributed by atoms with Gasteiger partial charge in [-0.3, -0.25) is 4.79 Å². The second kappa shape index (κ2) is 9.24. The standard InChI is InChI=1S/C23H20N2O3/c1-2-27-21-13-9-20(10-14-21)25-23(26)16-28-22-11-7-19(8-12-22)18-5-3-17(15-24)4-6-18/h3-14H,2,16H2,1H3,(H,25,26). The third-order valence-corrected chi connectivity index (χ3v) is 4.02. The topological polar surface area (TPSA) is 71.3 Å². The zero-order valence-electron chi connectivity index (χ0n) is 15.5. The van der Waals surface area contributed by atoms with Gasteiger partial charge >= 0.3 is 0 Å². The maximum Gasteiger partial charge on any atom is 0.262 e. The minimum absolute atomic E-state index is 0.0799. The summed E-state index contributed by atoms with van der Waals surface area (Å²) in [6.07, 6.45) is 0. The summed E-state index contributed by atoms with van der Waals surface area (Å²) in [5.74, 6) is 1.14. The van der Waals surface area contributed by atoms with Crippen molar-refractivity contribution in [3.63, 3.8) is 0 Å². The van der Waals surface area contributed by atoms with Crippen LogP contribution in [0.1, 0.15) is 12.5 Å². The zero-order valence-corrected chi connectivity index (χ0v) is 15.5. The SMILES string of the molecule is CCOc1ccc(NC(=O)COc2ccc(-c3ccc(C#N)cc3)cc2)cc1. The molecule has 0 atom stereocenters. The number of nitriles is 1. The molecular weight excluding hydrogens is 352 g/mol. The fraction of sp³-hybridized carbons (Fsp3) is 0.130. The van der Waals surface area contributed by atoms with E-state index >= 15 is 0 Å². The first-order valence-electron chi connectivity index (χ1n) is 8.94. The van der Waals surface area contributed by atoms with E-state index in [9.17, 15) is 4.79 Å².